The smallest absolute Gasteiger partial charge is 0.322 e. The van der Waals surface area contributed by atoms with Crippen LogP contribution in [0.4, 0.5) is 16.2 Å². The minimum absolute atomic E-state index is 0.0616. The number of hydrogen-bond donors (Lipinski definition) is 1. The third-order valence-corrected chi connectivity index (χ3v) is 5.13. The molecule has 0 unspecified atom stereocenters. The molecule has 3 aromatic rings. The lowest BCUT2D eigenvalue weighted by atomic mass is 10.1. The summed E-state index contributed by atoms with van der Waals surface area (Å²) in [6, 6.07) is 16.2. The number of aromatic nitrogens is 1. The van der Waals surface area contributed by atoms with E-state index in [0.29, 0.717) is 13.1 Å². The van der Waals surface area contributed by atoms with Gasteiger partial charge in [0.15, 0.2) is 0 Å². The zero-order valence-electron chi connectivity index (χ0n) is 15.8. The van der Waals surface area contributed by atoms with Crippen LogP contribution in [-0.4, -0.2) is 42.1 Å². The first kappa shape index (κ1) is 17.3. The summed E-state index contributed by atoms with van der Waals surface area (Å²) in [7, 11) is 0. The number of hydrogen-bond acceptors (Lipinski definition) is 3. The Hall–Kier alpha value is -3.08. The van der Waals surface area contributed by atoms with Crippen molar-refractivity contribution >= 4 is 28.3 Å². The van der Waals surface area contributed by atoms with Crippen molar-refractivity contribution in [1.82, 2.24) is 9.88 Å². The van der Waals surface area contributed by atoms with E-state index in [4.69, 9.17) is 0 Å². The van der Waals surface area contributed by atoms with Crippen molar-refractivity contribution in [2.45, 2.75) is 13.8 Å². The molecule has 138 valence electrons. The lowest BCUT2D eigenvalue weighted by molar-refractivity contribution is 0.208. The summed E-state index contributed by atoms with van der Waals surface area (Å²) < 4.78 is 0. The third kappa shape index (κ3) is 3.58. The molecule has 2 heterocycles. The number of pyridine rings is 1. The van der Waals surface area contributed by atoms with Crippen LogP contribution in [-0.2, 0) is 0 Å². The van der Waals surface area contributed by atoms with Crippen LogP contribution >= 0.6 is 0 Å². The van der Waals surface area contributed by atoms with Gasteiger partial charge in [0.25, 0.3) is 0 Å². The Morgan fingerprint density at radius 1 is 1.00 bits per heavy atom. The number of anilines is 2. The normalized spacial score (nSPS) is 14.4. The maximum atomic E-state index is 12.7. The molecule has 2 aromatic carbocycles. The summed E-state index contributed by atoms with van der Waals surface area (Å²) in [5.41, 5.74) is 5.41. The van der Waals surface area contributed by atoms with E-state index in [1.807, 2.05) is 35.2 Å². The predicted molar refractivity (Wildman–Crippen MR) is 110 cm³/mol. The second-order valence-corrected chi connectivity index (χ2v) is 7.07. The van der Waals surface area contributed by atoms with Gasteiger partial charge in [0.05, 0.1) is 11.2 Å². The molecule has 1 N–H and O–H groups in total. The summed E-state index contributed by atoms with van der Waals surface area (Å²) in [6.45, 7) is 7.35. The first-order valence-corrected chi connectivity index (χ1v) is 9.34. The van der Waals surface area contributed by atoms with Gasteiger partial charge in [-0.2, -0.15) is 0 Å². The summed E-state index contributed by atoms with van der Waals surface area (Å²) in [6.07, 6.45) is 1.75. The molecule has 0 aliphatic carbocycles. The molecule has 1 saturated heterocycles. The Bertz CT molecular complexity index is 972. The second-order valence-electron chi connectivity index (χ2n) is 7.07. The molecular weight excluding hydrogens is 336 g/mol. The standard InChI is InChI=1S/C22H24N4O/c1-16-8-9-20(17(2)15-16)25-11-13-26(14-12-25)22(27)24-19-7-3-5-18-6-4-10-23-21(18)19/h3-10,15H,11-14H2,1-2H3,(H,24,27). The highest BCUT2D eigenvalue weighted by Crippen LogP contribution is 2.24. The van der Waals surface area contributed by atoms with Gasteiger partial charge in [-0.05, 0) is 37.6 Å². The Morgan fingerprint density at radius 3 is 2.56 bits per heavy atom. The summed E-state index contributed by atoms with van der Waals surface area (Å²) >= 11 is 0. The van der Waals surface area contributed by atoms with Gasteiger partial charge in [-0.3, -0.25) is 4.98 Å². The zero-order chi connectivity index (χ0) is 18.8. The fourth-order valence-electron chi connectivity index (χ4n) is 3.71. The van der Waals surface area contributed by atoms with Crippen molar-refractivity contribution in [2.75, 3.05) is 36.4 Å². The molecule has 0 bridgehead atoms. The number of carbonyl (C=O) groups is 1. The number of para-hydroxylation sites is 1. The average Bonchev–Trinajstić information content (AvgIpc) is 2.68. The van der Waals surface area contributed by atoms with Gasteiger partial charge in [0, 0.05) is 43.4 Å². The minimum Gasteiger partial charge on any atom is -0.368 e. The van der Waals surface area contributed by atoms with Crippen LogP contribution in [0.15, 0.2) is 54.7 Å². The molecule has 0 spiro atoms. The number of fused-ring (bicyclic) bond motifs is 1. The van der Waals surface area contributed by atoms with Crippen molar-refractivity contribution in [3.8, 4) is 0 Å². The van der Waals surface area contributed by atoms with Crippen LogP contribution in [0.2, 0.25) is 0 Å². The summed E-state index contributed by atoms with van der Waals surface area (Å²) in [5, 5.41) is 4.06. The van der Waals surface area contributed by atoms with Crippen LogP contribution in [0.5, 0.6) is 0 Å². The number of piperazine rings is 1. The molecule has 0 radical (unpaired) electrons. The SMILES string of the molecule is Cc1ccc(N2CCN(C(=O)Nc3cccc4cccnc34)CC2)c(C)c1. The number of benzene rings is 2. The Balaban J connectivity index is 1.43. The maximum Gasteiger partial charge on any atom is 0.322 e. The van der Waals surface area contributed by atoms with Crippen LogP contribution < -0.4 is 10.2 Å². The number of carbonyl (C=O) groups excluding carboxylic acids is 1. The van der Waals surface area contributed by atoms with Gasteiger partial charge in [0.1, 0.15) is 0 Å². The summed E-state index contributed by atoms with van der Waals surface area (Å²) in [4.78, 5) is 21.4. The molecule has 1 aliphatic rings. The number of aryl methyl sites for hydroxylation is 2. The molecule has 0 saturated carbocycles. The molecular formula is C22H24N4O. The first-order valence-electron chi connectivity index (χ1n) is 9.34. The van der Waals surface area contributed by atoms with Gasteiger partial charge in [-0.1, -0.05) is 35.9 Å². The fraction of sp³-hybridized carbons (Fsp3) is 0.273. The van der Waals surface area contributed by atoms with E-state index in [9.17, 15) is 4.79 Å². The number of urea groups is 1. The molecule has 27 heavy (non-hydrogen) atoms. The lowest BCUT2D eigenvalue weighted by Gasteiger charge is -2.36. The Morgan fingerprint density at radius 2 is 1.78 bits per heavy atom. The maximum absolute atomic E-state index is 12.7. The highest BCUT2D eigenvalue weighted by Gasteiger charge is 2.22. The quantitative estimate of drug-likeness (QED) is 0.745. The van der Waals surface area contributed by atoms with Gasteiger partial charge in [0.2, 0.25) is 0 Å². The van der Waals surface area contributed by atoms with Crippen molar-refractivity contribution in [2.24, 2.45) is 0 Å². The van der Waals surface area contributed by atoms with Crippen molar-refractivity contribution in [3.05, 3.63) is 65.9 Å². The molecule has 5 nitrogen and oxygen atoms in total. The van der Waals surface area contributed by atoms with E-state index < -0.39 is 0 Å². The lowest BCUT2D eigenvalue weighted by Crippen LogP contribution is -2.50. The van der Waals surface area contributed by atoms with Crippen molar-refractivity contribution in [1.29, 1.82) is 0 Å². The van der Waals surface area contributed by atoms with Gasteiger partial charge in [-0.15, -0.1) is 0 Å². The van der Waals surface area contributed by atoms with E-state index in [-0.39, 0.29) is 6.03 Å². The van der Waals surface area contributed by atoms with E-state index in [1.54, 1.807) is 6.20 Å². The monoisotopic (exact) mass is 360 g/mol. The van der Waals surface area contributed by atoms with Crippen LogP contribution in [0.3, 0.4) is 0 Å². The Kier molecular flexibility index (Phi) is 4.67. The van der Waals surface area contributed by atoms with Crippen molar-refractivity contribution < 1.29 is 4.79 Å². The van der Waals surface area contributed by atoms with Gasteiger partial charge >= 0.3 is 6.03 Å². The van der Waals surface area contributed by atoms with E-state index >= 15 is 0 Å². The zero-order valence-corrected chi connectivity index (χ0v) is 15.8. The molecule has 5 heteroatoms. The third-order valence-electron chi connectivity index (χ3n) is 5.13. The van der Waals surface area contributed by atoms with E-state index in [0.717, 1.165) is 29.7 Å². The highest BCUT2D eigenvalue weighted by molar-refractivity contribution is 5.99. The number of rotatable bonds is 2. The Labute approximate surface area is 159 Å². The van der Waals surface area contributed by atoms with Gasteiger partial charge < -0.3 is 15.1 Å². The van der Waals surface area contributed by atoms with Crippen molar-refractivity contribution in [3.63, 3.8) is 0 Å². The second kappa shape index (κ2) is 7.27. The van der Waals surface area contributed by atoms with E-state index in [2.05, 4.69) is 47.2 Å². The predicted octanol–water partition coefficient (Wildman–Crippen LogP) is 4.21. The van der Waals surface area contributed by atoms with Crippen LogP contribution in [0, 0.1) is 13.8 Å². The van der Waals surface area contributed by atoms with E-state index in [1.165, 1.54) is 16.8 Å². The topological polar surface area (TPSA) is 48.5 Å². The van der Waals surface area contributed by atoms with Crippen LogP contribution in [0.1, 0.15) is 11.1 Å². The number of amides is 2. The number of nitrogens with one attached hydrogen (secondary N) is 1. The molecule has 1 aliphatic heterocycles. The number of nitrogens with zero attached hydrogens (tertiary/aromatic N) is 3. The van der Waals surface area contributed by atoms with Gasteiger partial charge in [-0.25, -0.2) is 4.79 Å². The average molecular weight is 360 g/mol. The molecule has 1 aromatic heterocycles. The fourth-order valence-corrected chi connectivity index (χ4v) is 3.71. The largest absolute Gasteiger partial charge is 0.368 e. The molecule has 4 rings (SSSR count). The minimum atomic E-state index is -0.0616. The molecule has 1 fully saturated rings. The molecule has 2 amide bonds. The first-order chi connectivity index (χ1) is 13.1. The highest BCUT2D eigenvalue weighted by atomic mass is 16.2. The summed E-state index contributed by atoms with van der Waals surface area (Å²) in [5.74, 6) is 0. The molecule has 0 atom stereocenters. The van der Waals surface area contributed by atoms with Crippen LogP contribution in [0.25, 0.3) is 10.9 Å².